The van der Waals surface area contributed by atoms with Crippen molar-refractivity contribution in [3.63, 3.8) is 0 Å². The summed E-state index contributed by atoms with van der Waals surface area (Å²) in [7, 11) is 0. The molecule has 1 amide bonds. The van der Waals surface area contributed by atoms with Crippen LogP contribution in [0.5, 0.6) is 0 Å². The predicted molar refractivity (Wildman–Crippen MR) is 71.2 cm³/mol. The third-order valence-corrected chi connectivity index (χ3v) is 5.10. The number of hydrogen-bond acceptors (Lipinski definition) is 3. The average molecular weight is 383 g/mol. The number of non-ortho nitro benzene ring substituents is 1. The summed E-state index contributed by atoms with van der Waals surface area (Å²) >= 11 is -0.373. The van der Waals surface area contributed by atoms with E-state index in [0.717, 1.165) is 9.26 Å². The van der Waals surface area contributed by atoms with Gasteiger partial charge in [-0.25, -0.2) is 0 Å². The van der Waals surface area contributed by atoms with Crippen LogP contribution >= 0.6 is 0 Å². The van der Waals surface area contributed by atoms with E-state index in [1.807, 2.05) is 24.3 Å². The van der Waals surface area contributed by atoms with Gasteiger partial charge in [-0.05, 0) is 36.4 Å². The highest BCUT2D eigenvalue weighted by molar-refractivity contribution is 5.88. The van der Waals surface area contributed by atoms with Crippen molar-refractivity contribution in [3.8, 4) is 0 Å². The summed E-state index contributed by atoms with van der Waals surface area (Å²) in [5.74, 6) is -0.0946. The minimum absolute atomic E-state index is 0.0946. The molecule has 0 fully saturated rings. The molecule has 1 N–H and O–H groups in total. The first kappa shape index (κ1) is 14.4. The number of nitro benzene ring substituents is 1. The molecule has 102 valence electrons. The topological polar surface area (TPSA) is 72.2 Å². The van der Waals surface area contributed by atoms with Crippen LogP contribution in [-0.4, -0.2) is 10.8 Å². The number of nitrogens with one attached hydrogen (secondary N) is 1. The molecule has 2 aromatic carbocycles. The largest absolute Gasteiger partial charge is 0.357 e. The van der Waals surface area contributed by atoms with Crippen LogP contribution < -0.4 is 26.5 Å². The smallest absolute Gasteiger partial charge is 0.326 e. The molecule has 20 heavy (non-hydrogen) atoms. The zero-order valence-electron chi connectivity index (χ0n) is 10.7. The van der Waals surface area contributed by atoms with Crippen molar-refractivity contribution in [1.29, 1.82) is 0 Å². The lowest BCUT2D eigenvalue weighted by Gasteiger charge is -1.99. The number of carbonyl (C=O) groups is 1. The monoisotopic (exact) mass is 383 g/mol. The second-order valence-electron chi connectivity index (χ2n) is 4.02. The molecule has 5 nitrogen and oxygen atoms in total. The van der Waals surface area contributed by atoms with Crippen LogP contribution in [0.1, 0.15) is 6.92 Å². The Hall–Kier alpha value is -1.96. The Kier molecular flexibility index (Phi) is 4.67. The van der Waals surface area contributed by atoms with Gasteiger partial charge in [-0.1, -0.05) is 0 Å². The molecule has 2 aromatic rings. The highest BCUT2D eigenvalue weighted by Gasteiger charge is 2.16. The van der Waals surface area contributed by atoms with Crippen molar-refractivity contribution in [2.75, 3.05) is 5.32 Å². The fourth-order valence-electron chi connectivity index (χ4n) is 1.55. The zero-order chi connectivity index (χ0) is 14.5. The highest BCUT2D eigenvalue weighted by Crippen LogP contribution is 2.07. The van der Waals surface area contributed by atoms with Crippen LogP contribution in [0.3, 0.4) is 0 Å². The van der Waals surface area contributed by atoms with E-state index in [0.29, 0.717) is 0 Å². The van der Waals surface area contributed by atoms with E-state index >= 15 is 0 Å². The number of amides is 1. The second kappa shape index (κ2) is 6.47. The van der Waals surface area contributed by atoms with Crippen LogP contribution in [0, 0.1) is 17.3 Å². The summed E-state index contributed by atoms with van der Waals surface area (Å²) < 4.78 is 2.30. The highest BCUT2D eigenvalue weighted by atomic mass is 127. The maximum Gasteiger partial charge on any atom is 0.357 e. The van der Waals surface area contributed by atoms with E-state index < -0.39 is 4.92 Å². The summed E-state index contributed by atoms with van der Waals surface area (Å²) in [4.78, 5) is 21.1. The normalized spacial score (nSPS) is 10.1. The number of nitro groups is 1. The van der Waals surface area contributed by atoms with Gasteiger partial charge in [0, 0.05) is 24.7 Å². The molecule has 0 atom stereocenters. The fourth-order valence-corrected chi connectivity index (χ4v) is 3.71. The molecule has 0 aromatic heterocycles. The zero-order valence-corrected chi connectivity index (χ0v) is 12.8. The Morgan fingerprint density at radius 1 is 1.05 bits per heavy atom. The first-order chi connectivity index (χ1) is 9.54. The van der Waals surface area contributed by atoms with E-state index in [2.05, 4.69) is 5.32 Å². The number of carbonyl (C=O) groups excluding carboxylic acids is 1. The summed E-state index contributed by atoms with van der Waals surface area (Å²) in [5.41, 5.74) is 0.882. The lowest BCUT2D eigenvalue weighted by atomic mass is 10.3. The summed E-state index contributed by atoms with van der Waals surface area (Å²) in [6, 6.07) is 14.3. The Bertz CT molecular complexity index is 624. The molecule has 0 unspecified atom stereocenters. The standard InChI is InChI=1S/C14H11IN2O3/c1-10(18)16-13-6-2-11(3-7-13)15-12-4-8-14(9-5-12)17(19)20/h2-9H,1H3/p+1. The van der Waals surface area contributed by atoms with Gasteiger partial charge in [-0.15, -0.1) is 0 Å². The molecule has 0 saturated carbocycles. The van der Waals surface area contributed by atoms with Crippen LogP contribution in [-0.2, 0) is 4.79 Å². The van der Waals surface area contributed by atoms with Gasteiger partial charge >= 0.3 is 21.2 Å². The predicted octanol–water partition coefficient (Wildman–Crippen LogP) is -0.318. The first-order valence-electron chi connectivity index (χ1n) is 5.81. The number of rotatable bonds is 4. The minimum Gasteiger partial charge on any atom is -0.326 e. The van der Waals surface area contributed by atoms with E-state index in [-0.39, 0.29) is 32.8 Å². The lowest BCUT2D eigenvalue weighted by molar-refractivity contribution is -0.597. The molecule has 0 radical (unpaired) electrons. The van der Waals surface area contributed by atoms with Gasteiger partial charge in [0.15, 0.2) is 7.14 Å². The Balaban J connectivity index is 2.06. The molecular weight excluding hydrogens is 371 g/mol. The molecule has 0 bridgehead atoms. The SMILES string of the molecule is CC(=O)Nc1ccc([I+]c2ccc([N+](=O)[O-])cc2)cc1. The lowest BCUT2D eigenvalue weighted by Crippen LogP contribution is -3.61. The first-order valence-corrected chi connectivity index (χ1v) is 7.97. The maximum atomic E-state index is 10.9. The summed E-state index contributed by atoms with van der Waals surface area (Å²) in [6.45, 7) is 1.47. The Labute approximate surface area is 126 Å². The van der Waals surface area contributed by atoms with Crippen LogP contribution in [0.2, 0.25) is 0 Å². The Morgan fingerprint density at radius 3 is 2.00 bits per heavy atom. The molecule has 0 aliphatic carbocycles. The van der Waals surface area contributed by atoms with Gasteiger partial charge < -0.3 is 5.32 Å². The molecule has 6 heteroatoms. The van der Waals surface area contributed by atoms with Crippen molar-refractivity contribution in [1.82, 2.24) is 0 Å². The second-order valence-corrected chi connectivity index (χ2v) is 7.05. The van der Waals surface area contributed by atoms with Crippen molar-refractivity contribution in [2.24, 2.45) is 0 Å². The molecule has 0 aliphatic heterocycles. The van der Waals surface area contributed by atoms with E-state index in [1.54, 1.807) is 12.1 Å². The maximum absolute atomic E-state index is 10.9. The molecular formula is C14H12IN2O3+. The van der Waals surface area contributed by atoms with Gasteiger partial charge in [0.05, 0.1) is 4.92 Å². The van der Waals surface area contributed by atoms with Crippen LogP contribution in [0.15, 0.2) is 48.5 Å². The quantitative estimate of drug-likeness (QED) is 0.447. The van der Waals surface area contributed by atoms with Gasteiger partial charge in [0.1, 0.15) is 0 Å². The van der Waals surface area contributed by atoms with Gasteiger partial charge in [-0.3, -0.25) is 14.9 Å². The van der Waals surface area contributed by atoms with Crippen molar-refractivity contribution in [3.05, 3.63) is 65.8 Å². The number of anilines is 1. The van der Waals surface area contributed by atoms with Gasteiger partial charge in [0.25, 0.3) is 5.69 Å². The average Bonchev–Trinajstić information content (AvgIpc) is 2.41. The molecule has 0 saturated heterocycles. The third-order valence-electron chi connectivity index (χ3n) is 2.42. The molecule has 0 heterocycles. The molecule has 0 spiro atoms. The number of halogens is 1. The summed E-state index contributed by atoms with van der Waals surface area (Å²) in [5, 5.41) is 13.3. The van der Waals surface area contributed by atoms with Crippen molar-refractivity contribution >= 4 is 17.3 Å². The van der Waals surface area contributed by atoms with Crippen LogP contribution in [0.4, 0.5) is 11.4 Å². The molecule has 0 aliphatic rings. The van der Waals surface area contributed by atoms with Crippen LogP contribution in [0.25, 0.3) is 0 Å². The van der Waals surface area contributed by atoms with E-state index in [9.17, 15) is 14.9 Å². The van der Waals surface area contributed by atoms with Crippen molar-refractivity contribution < 1.29 is 30.9 Å². The van der Waals surface area contributed by atoms with Crippen molar-refractivity contribution in [2.45, 2.75) is 6.92 Å². The molecule has 2 rings (SSSR count). The third kappa shape index (κ3) is 4.02. The summed E-state index contributed by atoms with van der Waals surface area (Å²) in [6.07, 6.45) is 0. The van der Waals surface area contributed by atoms with Gasteiger partial charge in [-0.2, -0.15) is 0 Å². The van der Waals surface area contributed by atoms with E-state index in [1.165, 1.54) is 22.6 Å². The van der Waals surface area contributed by atoms with Gasteiger partial charge in [0.2, 0.25) is 5.91 Å². The van der Waals surface area contributed by atoms with E-state index in [4.69, 9.17) is 0 Å². The Morgan fingerprint density at radius 2 is 1.55 bits per heavy atom. The number of nitrogens with zero attached hydrogens (tertiary/aromatic N) is 1. The minimum atomic E-state index is -0.398. The number of hydrogen-bond donors (Lipinski definition) is 1. The fraction of sp³-hybridized carbons (Fsp3) is 0.0714. The number of benzene rings is 2.